The fourth-order valence-corrected chi connectivity index (χ4v) is 3.34. The zero-order valence-corrected chi connectivity index (χ0v) is 17.8. The van der Waals surface area contributed by atoms with Crippen LogP contribution in [0, 0.1) is 13.8 Å². The van der Waals surface area contributed by atoms with Gasteiger partial charge in [0.25, 0.3) is 0 Å². The molecular weight excluding hydrogens is 376 g/mol. The summed E-state index contributed by atoms with van der Waals surface area (Å²) in [5, 5.41) is 0. The number of hydrogen-bond acceptors (Lipinski definition) is 4. The number of rotatable bonds is 7. The van der Waals surface area contributed by atoms with Gasteiger partial charge in [0.1, 0.15) is 11.5 Å². The average molecular weight is 402 g/mol. The number of carbonyl (C=O) groups is 2. The minimum atomic E-state index is -0.495. The van der Waals surface area contributed by atoms with E-state index in [4.69, 9.17) is 9.47 Å². The minimum absolute atomic E-state index is 0.0693. The Morgan fingerprint density at radius 3 is 2.20 bits per heavy atom. The van der Waals surface area contributed by atoms with Crippen molar-refractivity contribution in [1.82, 2.24) is 0 Å². The van der Waals surface area contributed by atoms with Gasteiger partial charge in [-0.25, -0.2) is 4.79 Å². The molecule has 0 radical (unpaired) electrons. The molecule has 3 aromatic carbocycles. The summed E-state index contributed by atoms with van der Waals surface area (Å²) in [6, 6.07) is 19.9. The first-order valence-corrected chi connectivity index (χ1v) is 9.99. The summed E-state index contributed by atoms with van der Waals surface area (Å²) in [5.74, 6) is 0.920. The van der Waals surface area contributed by atoms with Crippen LogP contribution in [0.1, 0.15) is 52.4 Å². The van der Waals surface area contributed by atoms with Gasteiger partial charge in [0.2, 0.25) is 0 Å². The Kier molecular flexibility index (Phi) is 6.68. The molecule has 0 N–H and O–H groups in total. The third-order valence-electron chi connectivity index (χ3n) is 4.92. The second-order valence-corrected chi connectivity index (χ2v) is 7.61. The van der Waals surface area contributed by atoms with Crippen molar-refractivity contribution in [3.05, 3.63) is 94.5 Å². The van der Waals surface area contributed by atoms with Gasteiger partial charge in [-0.2, -0.15) is 0 Å². The van der Waals surface area contributed by atoms with E-state index in [1.165, 1.54) is 5.56 Å². The Labute approximate surface area is 177 Å². The van der Waals surface area contributed by atoms with Crippen molar-refractivity contribution in [3.63, 3.8) is 0 Å². The molecule has 0 saturated carbocycles. The van der Waals surface area contributed by atoms with Crippen LogP contribution in [0.15, 0.2) is 66.7 Å². The van der Waals surface area contributed by atoms with Crippen LogP contribution in [0.5, 0.6) is 11.5 Å². The van der Waals surface area contributed by atoms with Crippen LogP contribution in [-0.2, 0) is 4.79 Å². The van der Waals surface area contributed by atoms with E-state index in [9.17, 15) is 9.59 Å². The maximum absolute atomic E-state index is 12.6. The molecule has 0 aliphatic carbocycles. The van der Waals surface area contributed by atoms with E-state index in [2.05, 4.69) is 13.8 Å². The molecule has 3 rings (SSSR count). The lowest BCUT2D eigenvalue weighted by molar-refractivity contribution is -0.136. The quantitative estimate of drug-likeness (QED) is 0.291. The molecule has 0 atom stereocenters. The van der Waals surface area contributed by atoms with Gasteiger partial charge in [0.05, 0.1) is 0 Å². The van der Waals surface area contributed by atoms with Crippen molar-refractivity contribution in [3.8, 4) is 11.5 Å². The lowest BCUT2D eigenvalue weighted by atomic mass is 9.98. The number of carbonyl (C=O) groups excluding carboxylic acids is 2. The van der Waals surface area contributed by atoms with Gasteiger partial charge in [-0.15, -0.1) is 0 Å². The van der Waals surface area contributed by atoms with Gasteiger partial charge in [0.15, 0.2) is 12.4 Å². The van der Waals surface area contributed by atoms with Gasteiger partial charge in [-0.3, -0.25) is 4.79 Å². The van der Waals surface area contributed by atoms with E-state index < -0.39 is 5.97 Å². The summed E-state index contributed by atoms with van der Waals surface area (Å²) < 4.78 is 11.0. The van der Waals surface area contributed by atoms with Crippen LogP contribution in [0.3, 0.4) is 0 Å². The molecule has 0 aliphatic rings. The van der Waals surface area contributed by atoms with Crippen LogP contribution in [0.25, 0.3) is 0 Å². The topological polar surface area (TPSA) is 52.6 Å². The van der Waals surface area contributed by atoms with Gasteiger partial charge in [0, 0.05) is 11.1 Å². The number of esters is 1. The first-order chi connectivity index (χ1) is 14.3. The highest BCUT2D eigenvalue weighted by Crippen LogP contribution is 2.24. The van der Waals surface area contributed by atoms with Crippen molar-refractivity contribution in [2.75, 3.05) is 6.61 Å². The lowest BCUT2D eigenvalue weighted by Crippen LogP contribution is -2.18. The third kappa shape index (κ3) is 5.15. The normalized spacial score (nSPS) is 10.7. The molecule has 30 heavy (non-hydrogen) atoms. The Bertz CT molecular complexity index is 1050. The first-order valence-electron chi connectivity index (χ1n) is 9.99. The fourth-order valence-electron chi connectivity index (χ4n) is 3.34. The monoisotopic (exact) mass is 402 g/mol. The molecule has 4 nitrogen and oxygen atoms in total. The highest BCUT2D eigenvalue weighted by molar-refractivity contribution is 6.09. The number of hydrogen-bond donors (Lipinski definition) is 0. The standard InChI is InChI=1S/C26H26O4/c1-17(2)23-12-11-22(15-18(23)3)29-16-25(27)30-24-13-10-21(14-19(24)4)26(28)20-8-6-5-7-9-20/h5-15,17H,16H2,1-4H3. The number of ether oxygens (including phenoxy) is 2. The fraction of sp³-hybridized carbons (Fsp3) is 0.231. The van der Waals surface area contributed by atoms with E-state index in [0.717, 1.165) is 5.56 Å². The van der Waals surface area contributed by atoms with Gasteiger partial charge < -0.3 is 9.47 Å². The smallest absolute Gasteiger partial charge is 0.349 e. The molecule has 0 saturated heterocycles. The van der Waals surface area contributed by atoms with E-state index in [0.29, 0.717) is 34.1 Å². The van der Waals surface area contributed by atoms with Crippen molar-refractivity contribution in [2.45, 2.75) is 33.6 Å². The molecule has 0 aliphatic heterocycles. The van der Waals surface area contributed by atoms with E-state index >= 15 is 0 Å². The Morgan fingerprint density at radius 2 is 1.57 bits per heavy atom. The summed E-state index contributed by atoms with van der Waals surface area (Å²) in [4.78, 5) is 24.8. The highest BCUT2D eigenvalue weighted by atomic mass is 16.6. The second-order valence-electron chi connectivity index (χ2n) is 7.61. The minimum Gasteiger partial charge on any atom is -0.482 e. The van der Waals surface area contributed by atoms with Crippen LogP contribution in [0.2, 0.25) is 0 Å². The molecule has 0 aromatic heterocycles. The molecule has 0 spiro atoms. The molecule has 0 fully saturated rings. The molecule has 0 heterocycles. The maximum atomic E-state index is 12.6. The summed E-state index contributed by atoms with van der Waals surface area (Å²) in [6.45, 7) is 7.93. The maximum Gasteiger partial charge on any atom is 0.349 e. The van der Waals surface area contributed by atoms with Crippen LogP contribution in [0.4, 0.5) is 0 Å². The predicted molar refractivity (Wildman–Crippen MR) is 117 cm³/mol. The molecule has 4 heteroatoms. The average Bonchev–Trinajstić information content (AvgIpc) is 2.73. The second kappa shape index (κ2) is 9.40. The summed E-state index contributed by atoms with van der Waals surface area (Å²) in [5.41, 5.74) is 4.27. The number of benzene rings is 3. The Balaban J connectivity index is 1.61. The van der Waals surface area contributed by atoms with Gasteiger partial charge in [-0.1, -0.05) is 50.2 Å². The zero-order valence-electron chi connectivity index (χ0n) is 17.8. The van der Waals surface area contributed by atoms with E-state index in [-0.39, 0.29) is 12.4 Å². The summed E-state index contributed by atoms with van der Waals surface area (Å²) in [7, 11) is 0. The summed E-state index contributed by atoms with van der Waals surface area (Å²) >= 11 is 0. The third-order valence-corrected chi connectivity index (χ3v) is 4.92. The van der Waals surface area contributed by atoms with E-state index in [1.807, 2.05) is 43.3 Å². The van der Waals surface area contributed by atoms with Gasteiger partial charge >= 0.3 is 5.97 Å². The molecule has 0 unspecified atom stereocenters. The number of aryl methyl sites for hydroxylation is 2. The summed E-state index contributed by atoms with van der Waals surface area (Å²) in [6.07, 6.45) is 0. The molecule has 3 aromatic rings. The first kappa shape index (κ1) is 21.3. The van der Waals surface area contributed by atoms with Crippen molar-refractivity contribution < 1.29 is 19.1 Å². The molecular formula is C26H26O4. The Morgan fingerprint density at radius 1 is 0.833 bits per heavy atom. The highest BCUT2D eigenvalue weighted by Gasteiger charge is 2.13. The predicted octanol–water partition coefficient (Wildman–Crippen LogP) is 5.64. The van der Waals surface area contributed by atoms with Crippen LogP contribution >= 0.6 is 0 Å². The Hall–Kier alpha value is -3.40. The van der Waals surface area contributed by atoms with Crippen LogP contribution < -0.4 is 9.47 Å². The van der Waals surface area contributed by atoms with E-state index in [1.54, 1.807) is 37.3 Å². The SMILES string of the molecule is Cc1cc(C(=O)c2ccccc2)ccc1OC(=O)COc1ccc(C(C)C)c(C)c1. The van der Waals surface area contributed by atoms with Crippen molar-refractivity contribution >= 4 is 11.8 Å². The van der Waals surface area contributed by atoms with Crippen molar-refractivity contribution in [1.29, 1.82) is 0 Å². The molecule has 154 valence electrons. The number of ketones is 1. The molecule has 0 amide bonds. The van der Waals surface area contributed by atoms with Crippen molar-refractivity contribution in [2.24, 2.45) is 0 Å². The lowest BCUT2D eigenvalue weighted by Gasteiger charge is -2.13. The molecule has 0 bridgehead atoms. The zero-order chi connectivity index (χ0) is 21.7. The van der Waals surface area contributed by atoms with Crippen LogP contribution in [-0.4, -0.2) is 18.4 Å². The largest absolute Gasteiger partial charge is 0.482 e. The van der Waals surface area contributed by atoms with Gasteiger partial charge in [-0.05, 0) is 66.8 Å².